The van der Waals surface area contributed by atoms with Gasteiger partial charge in [0.25, 0.3) is 0 Å². The Morgan fingerprint density at radius 2 is 1.25 bits per heavy atom. The maximum absolute atomic E-state index is 6.07. The summed E-state index contributed by atoms with van der Waals surface area (Å²) in [4.78, 5) is 9.30. The quantitative estimate of drug-likeness (QED) is 0.100. The van der Waals surface area contributed by atoms with Gasteiger partial charge in [0, 0.05) is 31.7 Å². The fraction of sp³-hybridized carbons (Fsp3) is 0.130. The van der Waals surface area contributed by atoms with Crippen molar-refractivity contribution < 1.29 is 24.5 Å². The molecule has 3 aromatic heterocycles. The van der Waals surface area contributed by atoms with Gasteiger partial charge in [0.15, 0.2) is 0 Å². The molecule has 1 radical (unpaired) electrons. The molecule has 0 aliphatic heterocycles. The van der Waals surface area contributed by atoms with E-state index in [0.717, 1.165) is 44.5 Å². The molecule has 0 fully saturated rings. The van der Waals surface area contributed by atoms with Crippen LogP contribution in [0.3, 0.4) is 0 Å². The van der Waals surface area contributed by atoms with Crippen LogP contribution < -0.4 is 4.40 Å². The van der Waals surface area contributed by atoms with E-state index < -0.39 is 13.3 Å². The Bertz CT molecular complexity index is 2640. The number of benzene rings is 6. The van der Waals surface area contributed by atoms with Crippen LogP contribution in [-0.4, -0.2) is 23.2 Å². The van der Waals surface area contributed by atoms with Gasteiger partial charge in [-0.2, -0.15) is 0 Å². The van der Waals surface area contributed by atoms with Gasteiger partial charge in [-0.3, -0.25) is 0 Å². The van der Waals surface area contributed by atoms with E-state index in [4.69, 9.17) is 9.40 Å². The van der Waals surface area contributed by atoms with Crippen molar-refractivity contribution in [3.8, 4) is 22.5 Å². The molecular weight excluding hydrogens is 861 g/mol. The Hall–Kier alpha value is -4.61. The number of para-hydroxylation sites is 1. The molecule has 0 unspecified atom stereocenters. The fourth-order valence-electron chi connectivity index (χ4n) is 6.81. The second-order valence-electron chi connectivity index (χ2n) is 14.3. The van der Waals surface area contributed by atoms with Crippen LogP contribution in [0.2, 0.25) is 17.3 Å². The number of furan rings is 1. The van der Waals surface area contributed by atoms with Crippen molar-refractivity contribution in [2.75, 3.05) is 0 Å². The third-order valence-electron chi connectivity index (χ3n) is 9.63. The summed E-state index contributed by atoms with van der Waals surface area (Å²) in [6, 6.07) is 49.2. The molecule has 9 aromatic rings. The summed E-state index contributed by atoms with van der Waals surface area (Å²) in [5, 5.41) is 9.92. The first-order chi connectivity index (χ1) is 24.3. The molecule has 5 heteroatoms. The number of pyridine rings is 2. The number of hydrogen-bond donors (Lipinski definition) is 0. The number of fused-ring (bicyclic) bond motifs is 9. The average Bonchev–Trinajstić information content (AvgIpc) is 3.54. The van der Waals surface area contributed by atoms with Gasteiger partial charge >= 0.3 is 169 Å². The van der Waals surface area contributed by atoms with Crippen molar-refractivity contribution in [2.45, 2.75) is 37.0 Å². The molecule has 0 amide bonds. The van der Waals surface area contributed by atoms with E-state index in [1.54, 1.807) is 0 Å². The van der Waals surface area contributed by atoms with Gasteiger partial charge in [-0.15, -0.1) is 18.2 Å². The molecular formula is C46H38GeIrN2O-2. The summed E-state index contributed by atoms with van der Waals surface area (Å²) in [5.74, 6) is 7.67. The van der Waals surface area contributed by atoms with Crippen molar-refractivity contribution in [3.63, 3.8) is 0 Å². The van der Waals surface area contributed by atoms with Crippen LogP contribution in [0.1, 0.15) is 25.3 Å². The SMILES string of the molecule is CC(C)c1ccnc(-c2[c-]ccc3c2oc2ccccc23)c1.[CH3][Ge]([CH3])([CH3])[c]1ccc(-c2[c-]cc3c4ccccc4c4ccccc4c3c2)nc1.[Ir]. The average molecular weight is 900 g/mol. The summed E-state index contributed by atoms with van der Waals surface area (Å²) in [6.45, 7) is 4.37. The molecule has 0 spiro atoms. The standard InChI is InChI=1S/C26H22GeN.C20H16NO.Ir/c1-27(2,3)19-13-15-26(28-17-19)18-12-14-24-22-10-5-4-8-20(22)21-9-6-7-11-23(21)25(24)16-18;1-13(2)14-10-11-21-18(12-14)17-8-5-7-16-15-6-3-4-9-19(15)22-20(16)17;/h4-11,13-17H,1-3H3;3-7,9-13H,1-2H3;/q2*-1;. The number of nitrogens with zero attached hydrogens (tertiary/aromatic N) is 2. The minimum Gasteiger partial charge on any atom is 0 e. The van der Waals surface area contributed by atoms with Crippen LogP contribution in [0.25, 0.3) is 76.8 Å². The van der Waals surface area contributed by atoms with Crippen LogP contribution >= 0.6 is 0 Å². The second-order valence-corrected chi connectivity index (χ2v) is 24.9. The maximum Gasteiger partial charge on any atom is 0 e. The van der Waals surface area contributed by atoms with Gasteiger partial charge in [-0.05, 0) is 23.7 Å². The smallest absolute Gasteiger partial charge is 0 e. The predicted molar refractivity (Wildman–Crippen MR) is 214 cm³/mol. The largest absolute Gasteiger partial charge is 0 e. The van der Waals surface area contributed by atoms with E-state index in [1.807, 2.05) is 30.5 Å². The van der Waals surface area contributed by atoms with Gasteiger partial charge in [-0.1, -0.05) is 54.6 Å². The topological polar surface area (TPSA) is 38.9 Å². The third kappa shape index (κ3) is 6.65. The maximum atomic E-state index is 6.07. The first-order valence-corrected chi connectivity index (χ1v) is 24.6. The molecule has 0 N–H and O–H groups in total. The zero-order chi connectivity index (χ0) is 34.4. The minimum atomic E-state index is -1.85. The summed E-state index contributed by atoms with van der Waals surface area (Å²) >= 11 is -1.85. The Morgan fingerprint density at radius 3 is 1.90 bits per heavy atom. The summed E-state index contributed by atoms with van der Waals surface area (Å²) in [6.07, 6.45) is 3.94. The molecule has 3 nitrogen and oxygen atoms in total. The van der Waals surface area contributed by atoms with E-state index in [1.165, 1.54) is 42.3 Å². The molecule has 0 saturated heterocycles. The first kappa shape index (κ1) is 34.8. The van der Waals surface area contributed by atoms with E-state index in [-0.39, 0.29) is 20.1 Å². The van der Waals surface area contributed by atoms with Crippen LogP contribution in [0.4, 0.5) is 0 Å². The van der Waals surface area contributed by atoms with Crippen molar-refractivity contribution in [3.05, 3.63) is 151 Å². The third-order valence-corrected chi connectivity index (χ3v) is 13.9. The van der Waals surface area contributed by atoms with Crippen molar-refractivity contribution >= 4 is 71.9 Å². The molecule has 51 heavy (non-hydrogen) atoms. The minimum absolute atomic E-state index is 0. The van der Waals surface area contributed by atoms with Crippen molar-refractivity contribution in [2.24, 2.45) is 0 Å². The zero-order valence-corrected chi connectivity index (χ0v) is 33.9. The second kappa shape index (κ2) is 14.2. The van der Waals surface area contributed by atoms with Crippen LogP contribution in [0.15, 0.2) is 138 Å². The van der Waals surface area contributed by atoms with Crippen LogP contribution in [0.5, 0.6) is 0 Å². The molecule has 0 aliphatic rings. The molecule has 9 rings (SSSR count). The molecule has 0 saturated carbocycles. The molecule has 0 aliphatic carbocycles. The van der Waals surface area contributed by atoms with E-state index in [2.05, 4.69) is 151 Å². The number of aromatic nitrogens is 2. The van der Waals surface area contributed by atoms with E-state index in [9.17, 15) is 0 Å². The molecule has 0 atom stereocenters. The summed E-state index contributed by atoms with van der Waals surface area (Å²) < 4.78 is 7.50. The van der Waals surface area contributed by atoms with Gasteiger partial charge in [0.1, 0.15) is 5.58 Å². The summed E-state index contributed by atoms with van der Waals surface area (Å²) in [7, 11) is 0. The monoisotopic (exact) mass is 901 g/mol. The zero-order valence-electron chi connectivity index (χ0n) is 29.4. The molecule has 6 aromatic carbocycles. The number of hydrogen-bond acceptors (Lipinski definition) is 3. The van der Waals surface area contributed by atoms with Gasteiger partial charge in [0.2, 0.25) is 0 Å². The Balaban J connectivity index is 0.000000161. The van der Waals surface area contributed by atoms with Crippen molar-refractivity contribution in [1.82, 2.24) is 9.97 Å². The van der Waals surface area contributed by atoms with E-state index in [0.29, 0.717) is 5.92 Å². The molecule has 253 valence electrons. The Labute approximate surface area is 315 Å². The fourth-order valence-corrected chi connectivity index (χ4v) is 8.98. The van der Waals surface area contributed by atoms with Gasteiger partial charge in [0.05, 0.1) is 5.58 Å². The molecule has 3 heterocycles. The predicted octanol–water partition coefficient (Wildman–Crippen LogP) is 12.1. The van der Waals surface area contributed by atoms with Crippen LogP contribution in [0, 0.1) is 12.1 Å². The first-order valence-electron chi connectivity index (χ1n) is 17.3. The van der Waals surface area contributed by atoms with Gasteiger partial charge < -0.3 is 9.40 Å². The Morgan fingerprint density at radius 1 is 0.608 bits per heavy atom. The van der Waals surface area contributed by atoms with E-state index >= 15 is 0 Å². The van der Waals surface area contributed by atoms with Crippen LogP contribution in [-0.2, 0) is 20.1 Å². The summed E-state index contributed by atoms with van der Waals surface area (Å²) in [5.41, 5.74) is 6.92. The normalized spacial score (nSPS) is 11.6. The van der Waals surface area contributed by atoms with Crippen molar-refractivity contribution in [1.29, 1.82) is 0 Å². The van der Waals surface area contributed by atoms with Gasteiger partial charge in [-0.25, -0.2) is 0 Å². The molecule has 0 bridgehead atoms. The Kier molecular flexibility index (Phi) is 9.69. The number of rotatable bonds is 4.